The standard InChI is InChI=1S/C19H30N2O2/c1-4-15(5-2)18-12-17(10-11-23-18)21-13-14-6-8-16(9-7-14)19(22)20-3/h6-9,15,17-18,21H,4-5,10-13H2,1-3H3,(H,20,22). The van der Waals surface area contributed by atoms with Crippen molar-refractivity contribution in [3.8, 4) is 0 Å². The number of carbonyl (C=O) groups excluding carboxylic acids is 1. The summed E-state index contributed by atoms with van der Waals surface area (Å²) in [7, 11) is 1.65. The van der Waals surface area contributed by atoms with Crippen molar-refractivity contribution in [3.05, 3.63) is 35.4 Å². The van der Waals surface area contributed by atoms with Crippen LogP contribution in [0.4, 0.5) is 0 Å². The van der Waals surface area contributed by atoms with Crippen LogP contribution in [-0.2, 0) is 11.3 Å². The molecule has 4 heteroatoms. The molecule has 1 saturated heterocycles. The van der Waals surface area contributed by atoms with E-state index in [0.717, 1.165) is 26.0 Å². The number of hydrogen-bond acceptors (Lipinski definition) is 3. The van der Waals surface area contributed by atoms with Crippen molar-refractivity contribution in [2.24, 2.45) is 5.92 Å². The molecule has 128 valence electrons. The molecule has 0 radical (unpaired) electrons. The second-order valence-corrected chi connectivity index (χ2v) is 6.36. The first kappa shape index (κ1) is 18.0. The Morgan fingerprint density at radius 3 is 2.57 bits per heavy atom. The molecule has 0 bridgehead atoms. The number of amides is 1. The average Bonchev–Trinajstić information content (AvgIpc) is 2.61. The summed E-state index contributed by atoms with van der Waals surface area (Å²) in [5, 5.41) is 6.30. The number of carbonyl (C=O) groups is 1. The molecule has 0 saturated carbocycles. The Labute approximate surface area is 140 Å². The highest BCUT2D eigenvalue weighted by Gasteiger charge is 2.27. The quantitative estimate of drug-likeness (QED) is 0.812. The normalized spacial score (nSPS) is 21.4. The molecule has 1 aliphatic heterocycles. The van der Waals surface area contributed by atoms with Crippen molar-refractivity contribution in [1.82, 2.24) is 10.6 Å². The van der Waals surface area contributed by atoms with Crippen molar-refractivity contribution in [2.45, 2.75) is 58.2 Å². The predicted octanol–water partition coefficient (Wildman–Crippen LogP) is 3.12. The summed E-state index contributed by atoms with van der Waals surface area (Å²) >= 11 is 0. The summed E-state index contributed by atoms with van der Waals surface area (Å²) < 4.78 is 5.97. The smallest absolute Gasteiger partial charge is 0.251 e. The SMILES string of the molecule is CCC(CC)C1CC(NCc2ccc(C(=O)NC)cc2)CCO1. The van der Waals surface area contributed by atoms with Gasteiger partial charge in [0.2, 0.25) is 0 Å². The monoisotopic (exact) mass is 318 g/mol. The van der Waals surface area contributed by atoms with Crippen LogP contribution in [0, 0.1) is 5.92 Å². The van der Waals surface area contributed by atoms with Gasteiger partial charge in [0.05, 0.1) is 6.10 Å². The van der Waals surface area contributed by atoms with E-state index in [-0.39, 0.29) is 5.91 Å². The maximum absolute atomic E-state index is 11.5. The number of ether oxygens (including phenoxy) is 1. The molecule has 23 heavy (non-hydrogen) atoms. The van der Waals surface area contributed by atoms with Crippen molar-refractivity contribution in [2.75, 3.05) is 13.7 Å². The average molecular weight is 318 g/mol. The van der Waals surface area contributed by atoms with Crippen LogP contribution in [-0.4, -0.2) is 31.7 Å². The summed E-state index contributed by atoms with van der Waals surface area (Å²) in [5.74, 6) is 0.633. The Kier molecular flexibility index (Phi) is 7.06. The summed E-state index contributed by atoms with van der Waals surface area (Å²) in [4.78, 5) is 11.5. The molecule has 1 aliphatic rings. The van der Waals surface area contributed by atoms with Gasteiger partial charge in [-0.05, 0) is 36.5 Å². The van der Waals surface area contributed by atoms with Crippen LogP contribution in [0.3, 0.4) is 0 Å². The van der Waals surface area contributed by atoms with Gasteiger partial charge >= 0.3 is 0 Å². The van der Waals surface area contributed by atoms with Gasteiger partial charge in [0, 0.05) is 31.8 Å². The van der Waals surface area contributed by atoms with Crippen LogP contribution < -0.4 is 10.6 Å². The van der Waals surface area contributed by atoms with E-state index in [1.165, 1.54) is 18.4 Å². The Morgan fingerprint density at radius 2 is 1.96 bits per heavy atom. The van der Waals surface area contributed by atoms with Gasteiger partial charge in [-0.25, -0.2) is 0 Å². The van der Waals surface area contributed by atoms with Crippen LogP contribution in [0.5, 0.6) is 0 Å². The minimum absolute atomic E-state index is 0.0399. The molecule has 1 aromatic rings. The fraction of sp³-hybridized carbons (Fsp3) is 0.632. The van der Waals surface area contributed by atoms with E-state index in [1.807, 2.05) is 24.3 Å². The lowest BCUT2D eigenvalue weighted by molar-refractivity contribution is -0.0350. The summed E-state index contributed by atoms with van der Waals surface area (Å²) in [6.07, 6.45) is 4.95. The van der Waals surface area contributed by atoms with Crippen molar-refractivity contribution >= 4 is 5.91 Å². The predicted molar refractivity (Wildman–Crippen MR) is 93.5 cm³/mol. The van der Waals surface area contributed by atoms with Gasteiger partial charge < -0.3 is 15.4 Å². The van der Waals surface area contributed by atoms with Crippen LogP contribution in [0.1, 0.15) is 55.5 Å². The number of nitrogens with one attached hydrogen (secondary N) is 2. The highest BCUT2D eigenvalue weighted by molar-refractivity contribution is 5.93. The van der Waals surface area contributed by atoms with Gasteiger partial charge in [0.1, 0.15) is 0 Å². The van der Waals surface area contributed by atoms with E-state index in [0.29, 0.717) is 23.6 Å². The second kappa shape index (κ2) is 9.04. The third-order valence-corrected chi connectivity index (χ3v) is 4.93. The van der Waals surface area contributed by atoms with Crippen molar-refractivity contribution in [3.63, 3.8) is 0 Å². The lowest BCUT2D eigenvalue weighted by Crippen LogP contribution is -2.41. The molecule has 2 N–H and O–H groups in total. The van der Waals surface area contributed by atoms with Gasteiger partial charge in [-0.2, -0.15) is 0 Å². The fourth-order valence-corrected chi connectivity index (χ4v) is 3.34. The molecule has 1 heterocycles. The maximum Gasteiger partial charge on any atom is 0.251 e. The molecule has 1 fully saturated rings. The first-order valence-corrected chi connectivity index (χ1v) is 8.83. The van der Waals surface area contributed by atoms with Crippen LogP contribution in [0.2, 0.25) is 0 Å². The van der Waals surface area contributed by atoms with E-state index in [4.69, 9.17) is 4.74 Å². The molecule has 2 unspecified atom stereocenters. The third-order valence-electron chi connectivity index (χ3n) is 4.93. The Bertz CT molecular complexity index is 483. The minimum Gasteiger partial charge on any atom is -0.378 e. The van der Waals surface area contributed by atoms with E-state index in [2.05, 4.69) is 24.5 Å². The zero-order valence-electron chi connectivity index (χ0n) is 14.6. The van der Waals surface area contributed by atoms with E-state index in [9.17, 15) is 4.79 Å². The van der Waals surface area contributed by atoms with E-state index >= 15 is 0 Å². The van der Waals surface area contributed by atoms with Gasteiger partial charge in [-0.1, -0.05) is 38.8 Å². The molecule has 1 aromatic carbocycles. The zero-order chi connectivity index (χ0) is 16.7. The number of rotatable bonds is 7. The zero-order valence-corrected chi connectivity index (χ0v) is 14.6. The fourth-order valence-electron chi connectivity index (χ4n) is 3.34. The molecule has 0 aromatic heterocycles. The second-order valence-electron chi connectivity index (χ2n) is 6.36. The lowest BCUT2D eigenvalue weighted by Gasteiger charge is -2.34. The lowest BCUT2D eigenvalue weighted by atomic mass is 9.89. The Morgan fingerprint density at radius 1 is 1.26 bits per heavy atom. The van der Waals surface area contributed by atoms with E-state index < -0.39 is 0 Å². The molecule has 2 atom stereocenters. The van der Waals surface area contributed by atoms with Gasteiger partial charge in [0.25, 0.3) is 5.91 Å². The summed E-state index contributed by atoms with van der Waals surface area (Å²) in [5.41, 5.74) is 1.92. The molecule has 2 rings (SSSR count). The molecule has 0 spiro atoms. The number of hydrogen-bond donors (Lipinski definition) is 2. The summed E-state index contributed by atoms with van der Waals surface area (Å²) in [6, 6.07) is 8.33. The molecule has 4 nitrogen and oxygen atoms in total. The first-order valence-electron chi connectivity index (χ1n) is 8.83. The number of benzene rings is 1. The Hall–Kier alpha value is -1.39. The van der Waals surface area contributed by atoms with Crippen molar-refractivity contribution < 1.29 is 9.53 Å². The maximum atomic E-state index is 11.5. The molecule has 1 amide bonds. The minimum atomic E-state index is -0.0399. The van der Waals surface area contributed by atoms with Crippen LogP contribution >= 0.6 is 0 Å². The molecular formula is C19H30N2O2. The largest absolute Gasteiger partial charge is 0.378 e. The van der Waals surface area contributed by atoms with Crippen LogP contribution in [0.15, 0.2) is 24.3 Å². The molecule has 0 aliphatic carbocycles. The van der Waals surface area contributed by atoms with Gasteiger partial charge in [0.15, 0.2) is 0 Å². The summed E-state index contributed by atoms with van der Waals surface area (Å²) in [6.45, 7) is 6.20. The van der Waals surface area contributed by atoms with Crippen molar-refractivity contribution in [1.29, 1.82) is 0 Å². The van der Waals surface area contributed by atoms with Gasteiger partial charge in [-0.15, -0.1) is 0 Å². The highest BCUT2D eigenvalue weighted by atomic mass is 16.5. The van der Waals surface area contributed by atoms with Crippen LogP contribution in [0.25, 0.3) is 0 Å². The third kappa shape index (κ3) is 5.05. The van der Waals surface area contributed by atoms with E-state index in [1.54, 1.807) is 7.05 Å². The molecular weight excluding hydrogens is 288 g/mol. The Balaban J connectivity index is 1.84. The van der Waals surface area contributed by atoms with Gasteiger partial charge in [-0.3, -0.25) is 4.79 Å². The highest BCUT2D eigenvalue weighted by Crippen LogP contribution is 2.25. The topological polar surface area (TPSA) is 50.4 Å². The first-order chi connectivity index (χ1) is 11.2.